The SMILES string of the molecule is COC(=O)[C@H](C)N1C(=O)N2CCc3c([nH]c4ccc(OC)cc34)[C@]2(C)C1=O. The number of hydrogen-bond donors (Lipinski definition) is 1. The maximum atomic E-state index is 13.3. The zero-order valence-corrected chi connectivity index (χ0v) is 15.7. The minimum atomic E-state index is -1.18. The van der Waals surface area contributed by atoms with Crippen LogP contribution in [0, 0.1) is 0 Å². The van der Waals surface area contributed by atoms with Gasteiger partial charge in [-0.25, -0.2) is 14.5 Å². The Kier molecular flexibility index (Phi) is 3.69. The van der Waals surface area contributed by atoms with Crippen LogP contribution in [-0.2, 0) is 26.3 Å². The number of fused-ring (bicyclic) bond motifs is 5. The predicted octanol–water partition coefficient (Wildman–Crippen LogP) is 1.77. The van der Waals surface area contributed by atoms with Crippen molar-refractivity contribution in [2.45, 2.75) is 31.8 Å². The summed E-state index contributed by atoms with van der Waals surface area (Å²) in [7, 11) is 2.84. The average molecular weight is 371 g/mol. The average Bonchev–Trinajstić information content (AvgIpc) is 3.14. The quantitative estimate of drug-likeness (QED) is 0.656. The van der Waals surface area contributed by atoms with Gasteiger partial charge in [0.05, 0.1) is 19.9 Å². The largest absolute Gasteiger partial charge is 0.497 e. The molecule has 142 valence electrons. The van der Waals surface area contributed by atoms with Gasteiger partial charge in [0.15, 0.2) is 5.54 Å². The summed E-state index contributed by atoms with van der Waals surface area (Å²) in [6.07, 6.45) is 0.609. The smallest absolute Gasteiger partial charge is 0.328 e. The van der Waals surface area contributed by atoms with Crippen molar-refractivity contribution < 1.29 is 23.9 Å². The van der Waals surface area contributed by atoms with Crippen molar-refractivity contribution in [3.8, 4) is 5.75 Å². The first-order valence-electron chi connectivity index (χ1n) is 8.76. The van der Waals surface area contributed by atoms with E-state index in [0.29, 0.717) is 18.7 Å². The summed E-state index contributed by atoms with van der Waals surface area (Å²) in [6, 6.07) is 4.22. The number of benzene rings is 1. The van der Waals surface area contributed by atoms with Crippen molar-refractivity contribution in [2.24, 2.45) is 0 Å². The van der Waals surface area contributed by atoms with Crippen LogP contribution in [0.25, 0.3) is 10.9 Å². The van der Waals surface area contributed by atoms with Crippen LogP contribution in [0.1, 0.15) is 25.1 Å². The molecule has 0 radical (unpaired) electrons. The van der Waals surface area contributed by atoms with E-state index in [4.69, 9.17) is 9.47 Å². The van der Waals surface area contributed by atoms with E-state index in [1.807, 2.05) is 18.2 Å². The lowest BCUT2D eigenvalue weighted by molar-refractivity contribution is -0.150. The van der Waals surface area contributed by atoms with Crippen LogP contribution < -0.4 is 4.74 Å². The molecule has 8 nitrogen and oxygen atoms in total. The Morgan fingerprint density at radius 1 is 1.30 bits per heavy atom. The fourth-order valence-corrected chi connectivity index (χ4v) is 4.19. The summed E-state index contributed by atoms with van der Waals surface area (Å²) in [4.78, 5) is 44.0. The Labute approximate surface area is 156 Å². The molecule has 0 aliphatic carbocycles. The number of carbonyl (C=O) groups is 3. The van der Waals surface area contributed by atoms with Crippen molar-refractivity contribution in [3.63, 3.8) is 0 Å². The zero-order chi connectivity index (χ0) is 19.5. The number of rotatable bonds is 3. The Hall–Kier alpha value is -3.03. The number of aromatic nitrogens is 1. The van der Waals surface area contributed by atoms with Crippen LogP contribution in [0.3, 0.4) is 0 Å². The molecule has 1 aromatic heterocycles. The molecule has 27 heavy (non-hydrogen) atoms. The first-order chi connectivity index (χ1) is 12.8. The molecular weight excluding hydrogens is 350 g/mol. The first kappa shape index (κ1) is 17.4. The van der Waals surface area contributed by atoms with Crippen LogP contribution in [0.15, 0.2) is 18.2 Å². The van der Waals surface area contributed by atoms with Gasteiger partial charge < -0.3 is 19.4 Å². The Morgan fingerprint density at radius 2 is 2.04 bits per heavy atom. The normalized spacial score (nSPS) is 22.7. The lowest BCUT2D eigenvalue weighted by Gasteiger charge is -2.36. The van der Waals surface area contributed by atoms with Crippen LogP contribution in [-0.4, -0.2) is 59.5 Å². The Morgan fingerprint density at radius 3 is 2.70 bits per heavy atom. The third kappa shape index (κ3) is 2.12. The van der Waals surface area contributed by atoms with Gasteiger partial charge >= 0.3 is 12.0 Å². The van der Waals surface area contributed by atoms with Gasteiger partial charge in [0.25, 0.3) is 5.91 Å². The number of H-pyrrole nitrogens is 1. The van der Waals surface area contributed by atoms with Crippen molar-refractivity contribution in [1.29, 1.82) is 0 Å². The van der Waals surface area contributed by atoms with Crippen LogP contribution >= 0.6 is 0 Å². The molecule has 0 unspecified atom stereocenters. The van der Waals surface area contributed by atoms with Crippen LogP contribution in [0.4, 0.5) is 4.79 Å². The van der Waals surface area contributed by atoms with Crippen molar-refractivity contribution in [3.05, 3.63) is 29.5 Å². The molecule has 3 amide bonds. The number of nitrogens with one attached hydrogen (secondary N) is 1. The summed E-state index contributed by atoms with van der Waals surface area (Å²) >= 11 is 0. The van der Waals surface area contributed by atoms with Gasteiger partial charge in [0.2, 0.25) is 0 Å². The van der Waals surface area contributed by atoms with E-state index in [-0.39, 0.29) is 0 Å². The molecule has 4 rings (SSSR count). The lowest BCUT2D eigenvalue weighted by atomic mass is 9.87. The van der Waals surface area contributed by atoms with Crippen molar-refractivity contribution in [1.82, 2.24) is 14.8 Å². The predicted molar refractivity (Wildman–Crippen MR) is 96.3 cm³/mol. The molecule has 2 atom stereocenters. The maximum Gasteiger partial charge on any atom is 0.328 e. The zero-order valence-electron chi connectivity index (χ0n) is 15.7. The van der Waals surface area contributed by atoms with E-state index in [1.165, 1.54) is 18.9 Å². The van der Waals surface area contributed by atoms with E-state index in [9.17, 15) is 14.4 Å². The van der Waals surface area contributed by atoms with E-state index >= 15 is 0 Å². The summed E-state index contributed by atoms with van der Waals surface area (Å²) in [5.41, 5.74) is 1.38. The number of ether oxygens (including phenoxy) is 2. The highest BCUT2D eigenvalue weighted by Gasteiger charge is 2.60. The first-order valence-corrected chi connectivity index (χ1v) is 8.76. The molecular formula is C19H21N3O5. The van der Waals surface area contributed by atoms with Gasteiger partial charge in [-0.05, 0) is 44.0 Å². The molecule has 1 fully saturated rings. The number of aromatic amines is 1. The Balaban J connectivity index is 1.86. The highest BCUT2D eigenvalue weighted by atomic mass is 16.5. The second kappa shape index (κ2) is 5.73. The minimum absolute atomic E-state index is 0.391. The van der Waals surface area contributed by atoms with E-state index in [0.717, 1.165) is 27.1 Å². The second-order valence-corrected chi connectivity index (χ2v) is 7.02. The van der Waals surface area contributed by atoms with Gasteiger partial charge in [-0.2, -0.15) is 0 Å². The number of amides is 3. The van der Waals surface area contributed by atoms with Crippen LogP contribution in [0.2, 0.25) is 0 Å². The summed E-state index contributed by atoms with van der Waals surface area (Å²) < 4.78 is 10.0. The molecule has 2 aromatic rings. The van der Waals surface area contributed by atoms with Gasteiger partial charge in [-0.3, -0.25) is 4.79 Å². The topological polar surface area (TPSA) is 91.9 Å². The highest BCUT2D eigenvalue weighted by Crippen LogP contribution is 2.45. The van der Waals surface area contributed by atoms with Crippen molar-refractivity contribution >= 4 is 28.8 Å². The number of urea groups is 1. The molecule has 1 saturated heterocycles. The Bertz CT molecular complexity index is 981. The van der Waals surface area contributed by atoms with Gasteiger partial charge in [0.1, 0.15) is 11.8 Å². The van der Waals surface area contributed by atoms with Gasteiger partial charge in [-0.1, -0.05) is 0 Å². The second-order valence-electron chi connectivity index (χ2n) is 7.02. The number of esters is 1. The van der Waals surface area contributed by atoms with Crippen LogP contribution in [0.5, 0.6) is 5.75 Å². The third-order valence-electron chi connectivity index (χ3n) is 5.73. The summed E-state index contributed by atoms with van der Waals surface area (Å²) in [5.74, 6) is -0.321. The highest BCUT2D eigenvalue weighted by molar-refractivity contribution is 6.10. The maximum absolute atomic E-state index is 13.3. The van der Waals surface area contributed by atoms with E-state index in [1.54, 1.807) is 14.0 Å². The number of imide groups is 1. The molecule has 8 heteroatoms. The lowest BCUT2D eigenvalue weighted by Crippen LogP contribution is -2.49. The molecule has 1 N–H and O–H groups in total. The van der Waals surface area contributed by atoms with Crippen molar-refractivity contribution in [2.75, 3.05) is 20.8 Å². The summed E-state index contributed by atoms with van der Waals surface area (Å²) in [5, 5.41) is 0.977. The number of nitrogens with zero attached hydrogens (tertiary/aromatic N) is 2. The fraction of sp³-hybridized carbons (Fsp3) is 0.421. The molecule has 3 heterocycles. The van der Waals surface area contributed by atoms with Gasteiger partial charge in [-0.15, -0.1) is 0 Å². The minimum Gasteiger partial charge on any atom is -0.497 e. The fourth-order valence-electron chi connectivity index (χ4n) is 4.19. The molecule has 0 bridgehead atoms. The van der Waals surface area contributed by atoms with Gasteiger partial charge in [0, 0.05) is 17.4 Å². The molecule has 0 spiro atoms. The van der Waals surface area contributed by atoms with E-state index < -0.39 is 29.5 Å². The monoisotopic (exact) mass is 371 g/mol. The molecule has 0 saturated carbocycles. The molecule has 2 aliphatic rings. The standard InChI is InChI=1S/C19H21N3O5/c1-10(16(23)27-4)22-17(24)19(2)15-12(7-8-21(19)18(22)25)13-9-11(26-3)5-6-14(13)20-15/h5-6,9-10,20H,7-8H2,1-4H3/t10-,19+/m0/s1. The van der Waals surface area contributed by atoms with E-state index in [2.05, 4.69) is 4.98 Å². The number of carbonyl (C=O) groups excluding carboxylic acids is 3. The number of methoxy groups -OCH3 is 2. The third-order valence-corrected chi connectivity index (χ3v) is 5.73. The number of hydrogen-bond acceptors (Lipinski definition) is 5. The molecule has 2 aliphatic heterocycles. The molecule has 1 aromatic carbocycles. The summed E-state index contributed by atoms with van der Waals surface area (Å²) in [6.45, 7) is 3.62.